The summed E-state index contributed by atoms with van der Waals surface area (Å²) in [4.78, 5) is 17.7. The molecule has 0 atom stereocenters. The Hall–Kier alpha value is -1.58. The van der Waals surface area contributed by atoms with Crippen LogP contribution in [0.15, 0.2) is 18.3 Å². The molecule has 0 spiro atoms. The van der Waals surface area contributed by atoms with Crippen LogP contribution in [0, 0.1) is 5.92 Å². The van der Waals surface area contributed by atoms with E-state index in [4.69, 9.17) is 0 Å². The Morgan fingerprint density at radius 2 is 2.18 bits per heavy atom. The standard InChI is InChI=1S/C13H21N3O/c1-5-14-12-7-6-11(9-15-12)16(4)13(17)8-10(2)3/h6-7,9-10H,5,8H2,1-4H3,(H,14,15). The van der Waals surface area contributed by atoms with Crippen molar-refractivity contribution in [2.24, 2.45) is 5.92 Å². The molecule has 1 aromatic rings. The van der Waals surface area contributed by atoms with Crippen molar-refractivity contribution in [1.82, 2.24) is 4.98 Å². The summed E-state index contributed by atoms with van der Waals surface area (Å²) < 4.78 is 0. The molecule has 0 saturated heterocycles. The van der Waals surface area contributed by atoms with Gasteiger partial charge in [-0.3, -0.25) is 4.79 Å². The second kappa shape index (κ2) is 6.23. The van der Waals surface area contributed by atoms with Gasteiger partial charge in [-0.25, -0.2) is 4.98 Å². The van der Waals surface area contributed by atoms with Gasteiger partial charge in [0.15, 0.2) is 0 Å². The van der Waals surface area contributed by atoms with Gasteiger partial charge in [-0.2, -0.15) is 0 Å². The maximum atomic E-state index is 11.8. The Morgan fingerprint density at radius 1 is 1.47 bits per heavy atom. The highest BCUT2D eigenvalue weighted by Gasteiger charge is 2.12. The molecule has 1 amide bonds. The molecule has 4 nitrogen and oxygen atoms in total. The Labute approximate surface area is 103 Å². The molecule has 0 saturated carbocycles. The van der Waals surface area contributed by atoms with Gasteiger partial charge in [0.2, 0.25) is 5.91 Å². The summed E-state index contributed by atoms with van der Waals surface area (Å²) >= 11 is 0. The average molecular weight is 235 g/mol. The van der Waals surface area contributed by atoms with Gasteiger partial charge in [-0.05, 0) is 25.0 Å². The fourth-order valence-electron chi connectivity index (χ4n) is 1.50. The summed E-state index contributed by atoms with van der Waals surface area (Å²) in [6.45, 7) is 6.94. The molecule has 0 aliphatic heterocycles. The summed E-state index contributed by atoms with van der Waals surface area (Å²) in [5, 5.41) is 3.12. The van der Waals surface area contributed by atoms with Gasteiger partial charge >= 0.3 is 0 Å². The first-order valence-corrected chi connectivity index (χ1v) is 6.01. The minimum atomic E-state index is 0.123. The van der Waals surface area contributed by atoms with Gasteiger partial charge in [0.1, 0.15) is 5.82 Å². The summed E-state index contributed by atoms with van der Waals surface area (Å²) in [6, 6.07) is 3.79. The zero-order valence-corrected chi connectivity index (χ0v) is 11.0. The SMILES string of the molecule is CCNc1ccc(N(C)C(=O)CC(C)C)cn1. The molecule has 1 heterocycles. The Balaban J connectivity index is 2.68. The average Bonchev–Trinajstić information content (AvgIpc) is 2.28. The van der Waals surface area contributed by atoms with E-state index in [2.05, 4.69) is 10.3 Å². The number of amides is 1. The minimum Gasteiger partial charge on any atom is -0.370 e. The highest BCUT2D eigenvalue weighted by atomic mass is 16.2. The van der Waals surface area contributed by atoms with Crippen LogP contribution in [0.5, 0.6) is 0 Å². The van der Waals surface area contributed by atoms with Gasteiger partial charge in [0.05, 0.1) is 11.9 Å². The quantitative estimate of drug-likeness (QED) is 0.853. The number of hydrogen-bond donors (Lipinski definition) is 1. The summed E-state index contributed by atoms with van der Waals surface area (Å²) in [7, 11) is 1.79. The third kappa shape index (κ3) is 4.06. The minimum absolute atomic E-state index is 0.123. The monoisotopic (exact) mass is 235 g/mol. The Bertz CT molecular complexity index is 359. The number of pyridine rings is 1. The molecule has 1 aromatic heterocycles. The summed E-state index contributed by atoms with van der Waals surface area (Å²) in [5.74, 6) is 1.33. The van der Waals surface area contributed by atoms with Crippen LogP contribution in [0.4, 0.5) is 11.5 Å². The fourth-order valence-corrected chi connectivity index (χ4v) is 1.50. The number of rotatable bonds is 5. The molecular weight excluding hydrogens is 214 g/mol. The van der Waals surface area contributed by atoms with E-state index >= 15 is 0 Å². The van der Waals surface area contributed by atoms with E-state index in [-0.39, 0.29) is 5.91 Å². The smallest absolute Gasteiger partial charge is 0.227 e. The normalized spacial score (nSPS) is 10.4. The number of carbonyl (C=O) groups is 1. The second-order valence-electron chi connectivity index (χ2n) is 4.48. The van der Waals surface area contributed by atoms with Crippen molar-refractivity contribution >= 4 is 17.4 Å². The van der Waals surface area contributed by atoms with Crippen molar-refractivity contribution in [3.63, 3.8) is 0 Å². The molecule has 0 aliphatic rings. The van der Waals surface area contributed by atoms with Crippen molar-refractivity contribution in [2.75, 3.05) is 23.8 Å². The predicted octanol–water partition coefficient (Wildman–Crippen LogP) is 2.52. The van der Waals surface area contributed by atoms with E-state index in [0.717, 1.165) is 18.1 Å². The summed E-state index contributed by atoms with van der Waals surface area (Å²) in [6.07, 6.45) is 2.28. The molecule has 0 bridgehead atoms. The zero-order chi connectivity index (χ0) is 12.8. The van der Waals surface area contributed by atoms with E-state index in [0.29, 0.717) is 12.3 Å². The van der Waals surface area contributed by atoms with Crippen LogP contribution >= 0.6 is 0 Å². The number of aromatic nitrogens is 1. The van der Waals surface area contributed by atoms with Gasteiger partial charge in [-0.1, -0.05) is 13.8 Å². The zero-order valence-electron chi connectivity index (χ0n) is 11.0. The third-order valence-electron chi connectivity index (χ3n) is 2.45. The number of nitrogens with one attached hydrogen (secondary N) is 1. The van der Waals surface area contributed by atoms with Crippen molar-refractivity contribution in [2.45, 2.75) is 27.2 Å². The Kier molecular flexibility index (Phi) is 4.94. The Morgan fingerprint density at radius 3 is 2.65 bits per heavy atom. The highest BCUT2D eigenvalue weighted by molar-refractivity contribution is 5.92. The molecule has 1 N–H and O–H groups in total. The molecule has 94 valence electrons. The fraction of sp³-hybridized carbons (Fsp3) is 0.538. The second-order valence-corrected chi connectivity index (χ2v) is 4.48. The molecule has 0 radical (unpaired) electrons. The van der Waals surface area contributed by atoms with Crippen LogP contribution in [0.2, 0.25) is 0 Å². The first kappa shape index (κ1) is 13.5. The van der Waals surface area contributed by atoms with Crippen molar-refractivity contribution < 1.29 is 4.79 Å². The van der Waals surface area contributed by atoms with Gasteiger partial charge in [0, 0.05) is 20.0 Å². The molecule has 1 rings (SSSR count). The number of anilines is 2. The van der Waals surface area contributed by atoms with Crippen LogP contribution in [0.3, 0.4) is 0 Å². The van der Waals surface area contributed by atoms with Crippen molar-refractivity contribution in [3.05, 3.63) is 18.3 Å². The lowest BCUT2D eigenvalue weighted by atomic mass is 10.1. The number of carbonyl (C=O) groups excluding carboxylic acids is 1. The number of nitrogens with zero attached hydrogens (tertiary/aromatic N) is 2. The van der Waals surface area contributed by atoms with Gasteiger partial charge in [0.25, 0.3) is 0 Å². The van der Waals surface area contributed by atoms with Crippen LogP contribution < -0.4 is 10.2 Å². The lowest BCUT2D eigenvalue weighted by Crippen LogP contribution is -2.27. The summed E-state index contributed by atoms with van der Waals surface area (Å²) in [5.41, 5.74) is 0.831. The van der Waals surface area contributed by atoms with Crippen molar-refractivity contribution in [3.8, 4) is 0 Å². The first-order valence-electron chi connectivity index (χ1n) is 6.01. The molecule has 0 aliphatic carbocycles. The molecule has 0 aromatic carbocycles. The highest BCUT2D eigenvalue weighted by Crippen LogP contribution is 2.15. The molecule has 17 heavy (non-hydrogen) atoms. The largest absolute Gasteiger partial charge is 0.370 e. The van der Waals surface area contributed by atoms with Crippen LogP contribution in [0.25, 0.3) is 0 Å². The van der Waals surface area contributed by atoms with Crippen LogP contribution in [-0.4, -0.2) is 24.5 Å². The maximum Gasteiger partial charge on any atom is 0.227 e. The lowest BCUT2D eigenvalue weighted by Gasteiger charge is -2.18. The van der Waals surface area contributed by atoms with E-state index in [9.17, 15) is 4.79 Å². The topological polar surface area (TPSA) is 45.2 Å². The van der Waals surface area contributed by atoms with E-state index in [1.807, 2.05) is 32.9 Å². The molecule has 0 fully saturated rings. The van der Waals surface area contributed by atoms with Gasteiger partial charge < -0.3 is 10.2 Å². The van der Waals surface area contributed by atoms with Gasteiger partial charge in [-0.15, -0.1) is 0 Å². The van der Waals surface area contributed by atoms with E-state index < -0.39 is 0 Å². The predicted molar refractivity (Wildman–Crippen MR) is 71.3 cm³/mol. The maximum absolute atomic E-state index is 11.8. The van der Waals surface area contributed by atoms with E-state index in [1.54, 1.807) is 18.1 Å². The molecule has 4 heteroatoms. The molecular formula is C13H21N3O. The number of hydrogen-bond acceptors (Lipinski definition) is 3. The molecule has 0 unspecified atom stereocenters. The van der Waals surface area contributed by atoms with E-state index in [1.165, 1.54) is 0 Å². The third-order valence-corrected chi connectivity index (χ3v) is 2.45. The van der Waals surface area contributed by atoms with Crippen LogP contribution in [0.1, 0.15) is 27.2 Å². The van der Waals surface area contributed by atoms with Crippen LogP contribution in [-0.2, 0) is 4.79 Å². The van der Waals surface area contributed by atoms with Crippen molar-refractivity contribution in [1.29, 1.82) is 0 Å². The lowest BCUT2D eigenvalue weighted by molar-refractivity contribution is -0.119. The first-order chi connectivity index (χ1) is 8.04.